The van der Waals surface area contributed by atoms with Gasteiger partial charge in [0.15, 0.2) is 0 Å². The highest BCUT2D eigenvalue weighted by Gasteiger charge is 0.925. The summed E-state index contributed by atoms with van der Waals surface area (Å²) in [5.74, 6) is 0. The predicted molar refractivity (Wildman–Crippen MR) is 59.8 cm³/mol. The molecule has 5 N–H and O–H groups in total. The fraction of sp³-hybridized carbons (Fsp3) is 1.00. The van der Waals surface area contributed by atoms with Crippen molar-refractivity contribution in [2.75, 3.05) is 0 Å². The molecular formula is CH18F4NOP4+. The lowest BCUT2D eigenvalue weighted by Gasteiger charge is -1.10. The van der Waals surface area contributed by atoms with Crippen LogP contribution in [0.3, 0.4) is 0 Å². The Morgan fingerprint density at radius 3 is 0.636 bits per heavy atom. The first kappa shape index (κ1) is 55.5. The van der Waals surface area contributed by atoms with Crippen LogP contribution in [-0.2, 0) is 0 Å². The van der Waals surface area contributed by atoms with Gasteiger partial charge in [-0.2, -0.15) is 0 Å². The fourth-order valence-corrected chi connectivity index (χ4v) is 0. The molecule has 0 spiro atoms. The standard InChI is InChI=1S/CH4.4FH2P.H3N.H2O/c;4*1-2;;/h1H4;4*2H2;1H3;1H2/p+1. The Balaban J connectivity index is -0.00000000267. The van der Waals surface area contributed by atoms with Crippen molar-refractivity contribution in [1.82, 2.24) is 6.15 Å². The SMILES string of the molecule is C.FP.FP.FP.FP.N.O.[H+]. The van der Waals surface area contributed by atoms with Crippen molar-refractivity contribution in [3.8, 4) is 0 Å². The maximum atomic E-state index is 9.42. The van der Waals surface area contributed by atoms with Crippen molar-refractivity contribution in [3.63, 3.8) is 0 Å². The summed E-state index contributed by atoms with van der Waals surface area (Å²) in [6.07, 6.45) is 0. The molecule has 0 aliphatic carbocycles. The van der Waals surface area contributed by atoms with Crippen LogP contribution in [0.1, 0.15) is 8.85 Å². The molecule has 2 nitrogen and oxygen atoms in total. The summed E-state index contributed by atoms with van der Waals surface area (Å²) >= 11 is 0. The average Bonchev–Trinajstić information content (AvgIpc) is 2.03. The van der Waals surface area contributed by atoms with E-state index in [2.05, 4.69) is 0 Å². The lowest BCUT2D eigenvalue weighted by atomic mass is 12.0. The highest BCUT2D eigenvalue weighted by molar-refractivity contribution is 7.09. The van der Waals surface area contributed by atoms with Crippen LogP contribution in [0, 0.1) is 0 Å². The van der Waals surface area contributed by atoms with Crippen LogP contribution >= 0.6 is 38.2 Å². The van der Waals surface area contributed by atoms with Crippen molar-refractivity contribution < 1.29 is 23.7 Å². The van der Waals surface area contributed by atoms with Gasteiger partial charge in [0, 0.05) is 0 Å². The van der Waals surface area contributed by atoms with Crippen molar-refractivity contribution in [1.29, 1.82) is 0 Å². The fourth-order valence-electron chi connectivity index (χ4n) is 0. The summed E-state index contributed by atoms with van der Waals surface area (Å²) in [7, 11) is 3.67. The van der Waals surface area contributed by atoms with Crippen LogP contribution in [0.4, 0.5) is 16.8 Å². The molecule has 4 atom stereocenters. The van der Waals surface area contributed by atoms with Crippen molar-refractivity contribution >= 4 is 38.2 Å². The van der Waals surface area contributed by atoms with E-state index >= 15 is 0 Å². The minimum absolute atomic E-state index is 0. The molecule has 0 aromatic carbocycles. The molecule has 0 saturated carbocycles. The van der Waals surface area contributed by atoms with Gasteiger partial charge in [-0.25, -0.2) is 16.8 Å². The number of hydrogen-bond donors (Lipinski definition) is 1. The Morgan fingerprint density at radius 1 is 0.636 bits per heavy atom. The van der Waals surface area contributed by atoms with Gasteiger partial charge in [0.1, 0.15) is 0 Å². The molecule has 0 aliphatic heterocycles. The number of halogens is 4. The molecule has 0 rings (SSSR count). The van der Waals surface area contributed by atoms with Gasteiger partial charge in [-0.05, 0) is 0 Å². The van der Waals surface area contributed by atoms with Gasteiger partial charge < -0.3 is 11.6 Å². The molecule has 0 radical (unpaired) electrons. The third-order valence-corrected chi connectivity index (χ3v) is 0. The van der Waals surface area contributed by atoms with Crippen LogP contribution in [0.25, 0.3) is 0 Å². The van der Waals surface area contributed by atoms with E-state index in [4.69, 9.17) is 0 Å². The summed E-state index contributed by atoms with van der Waals surface area (Å²) in [5.41, 5.74) is 0. The van der Waals surface area contributed by atoms with Gasteiger partial charge in [-0.15, -0.1) is 0 Å². The first-order valence-corrected chi connectivity index (χ1v) is 2.62. The van der Waals surface area contributed by atoms with Gasteiger partial charge in [-0.3, -0.25) is 0 Å². The second-order valence-corrected chi connectivity index (χ2v) is 0. The van der Waals surface area contributed by atoms with Crippen LogP contribution in [-0.4, -0.2) is 5.48 Å². The molecule has 0 fully saturated rings. The maximum Gasteiger partial charge on any atom is 1.00 e. The first-order chi connectivity index (χ1) is 4.00. The van der Waals surface area contributed by atoms with E-state index in [1.54, 1.807) is 0 Å². The van der Waals surface area contributed by atoms with Gasteiger partial charge >= 0.3 is 1.43 Å². The Bertz CT molecular complexity index is 27.0. The van der Waals surface area contributed by atoms with Crippen LogP contribution in [0.2, 0.25) is 0 Å². The van der Waals surface area contributed by atoms with Crippen LogP contribution in [0.5, 0.6) is 0 Å². The molecule has 4 unspecified atom stereocenters. The Hall–Kier alpha value is 1.36. The largest absolute Gasteiger partial charge is 1.00 e. The van der Waals surface area contributed by atoms with Crippen molar-refractivity contribution in [2.24, 2.45) is 0 Å². The smallest absolute Gasteiger partial charge is 0.412 e. The third-order valence-electron chi connectivity index (χ3n) is 0. The summed E-state index contributed by atoms with van der Waals surface area (Å²) < 4.78 is 37.7. The zero-order chi connectivity index (χ0) is 8.00. The number of hydrogen-bond acceptors (Lipinski definition) is 1. The molecule has 0 saturated heterocycles. The second-order valence-electron chi connectivity index (χ2n) is 0. The summed E-state index contributed by atoms with van der Waals surface area (Å²) in [4.78, 5) is 0. The lowest BCUT2D eigenvalue weighted by Crippen LogP contribution is -0.481. The zero-order valence-corrected chi connectivity index (χ0v) is 9.65. The highest BCUT2D eigenvalue weighted by Crippen LogP contribution is 1.67. The Labute approximate surface area is 76.3 Å². The summed E-state index contributed by atoms with van der Waals surface area (Å²) in [6, 6.07) is 0. The molecule has 11 heavy (non-hydrogen) atoms. The maximum absolute atomic E-state index is 9.42. The molecule has 0 amide bonds. The van der Waals surface area contributed by atoms with Crippen LogP contribution in [0.15, 0.2) is 0 Å². The molecule has 0 aliphatic rings. The lowest BCUT2D eigenvalue weighted by molar-refractivity contribution is 0.824. The van der Waals surface area contributed by atoms with E-state index in [0.717, 1.165) is 38.2 Å². The van der Waals surface area contributed by atoms with Crippen LogP contribution < -0.4 is 6.15 Å². The van der Waals surface area contributed by atoms with Crippen molar-refractivity contribution in [3.05, 3.63) is 0 Å². The van der Waals surface area contributed by atoms with E-state index in [0.29, 0.717) is 0 Å². The molecular weight excluding hydrogens is 242 g/mol. The topological polar surface area (TPSA) is 66.5 Å². The summed E-state index contributed by atoms with van der Waals surface area (Å²) in [6.45, 7) is 0. The summed E-state index contributed by atoms with van der Waals surface area (Å²) in [5, 5.41) is 0. The van der Waals surface area contributed by atoms with E-state index < -0.39 is 0 Å². The molecule has 0 heterocycles. The minimum atomic E-state index is 0. The molecule has 0 bridgehead atoms. The van der Waals surface area contributed by atoms with Gasteiger partial charge in [0.25, 0.3) is 0 Å². The van der Waals surface area contributed by atoms with E-state index in [-0.39, 0.29) is 20.5 Å². The normalized spacial score (nSPS) is 2.18. The molecule has 0 aromatic rings. The van der Waals surface area contributed by atoms with Gasteiger partial charge in [0.2, 0.25) is 0 Å². The average molecular weight is 260 g/mol. The quantitative estimate of drug-likeness (QED) is 0.527. The minimum Gasteiger partial charge on any atom is -0.412 e. The Morgan fingerprint density at radius 2 is 0.636 bits per heavy atom. The van der Waals surface area contributed by atoms with E-state index in [1.165, 1.54) is 0 Å². The van der Waals surface area contributed by atoms with Gasteiger partial charge in [-0.1, -0.05) is 7.43 Å². The zero-order valence-electron chi connectivity index (χ0n) is 6.03. The third kappa shape index (κ3) is 538. The number of rotatable bonds is 0. The molecule has 10 heteroatoms. The first-order valence-electron chi connectivity index (χ1n) is 0.873. The highest BCUT2D eigenvalue weighted by atomic mass is 31.1. The Kier molecular flexibility index (Phi) is 3330. The second kappa shape index (κ2) is 659. The predicted octanol–water partition coefficient (Wildman–Crippen LogP) is 3.07. The van der Waals surface area contributed by atoms with Gasteiger partial charge in [0.05, 0.1) is 38.2 Å². The molecule has 0 aromatic heterocycles. The molecule has 80 valence electrons. The van der Waals surface area contributed by atoms with E-state index in [1.807, 2.05) is 0 Å². The van der Waals surface area contributed by atoms with Crippen molar-refractivity contribution in [2.45, 2.75) is 7.43 Å². The van der Waals surface area contributed by atoms with E-state index in [9.17, 15) is 16.8 Å². The monoisotopic (exact) mass is 260 g/mol.